The van der Waals surface area contributed by atoms with Crippen molar-refractivity contribution in [1.29, 1.82) is 0 Å². The second-order valence-corrected chi connectivity index (χ2v) is 12.3. The molecule has 2 rings (SSSR count). The highest BCUT2D eigenvalue weighted by Crippen LogP contribution is 2.29. The molecule has 3 amide bonds. The molecule has 1 aromatic rings. The van der Waals surface area contributed by atoms with Crippen LogP contribution in [0.3, 0.4) is 0 Å². The van der Waals surface area contributed by atoms with E-state index in [1.807, 2.05) is 58.0 Å². The van der Waals surface area contributed by atoms with Gasteiger partial charge in [0.1, 0.15) is 18.2 Å². The summed E-state index contributed by atoms with van der Waals surface area (Å²) in [7, 11) is 0. The molecule has 0 aliphatic heterocycles. The summed E-state index contributed by atoms with van der Waals surface area (Å²) in [6.07, 6.45) is 4.32. The molecule has 1 aliphatic carbocycles. The SMILES string of the molecule is CCOC(=O)N[C@@H](Cc1ccccc1)C(=O)N[C@@H](CC(C)C)C(=O)N[C@@H](CC1CCCCC1)[C@@H](O)[C@@H](O)CC(C)C. The van der Waals surface area contributed by atoms with Gasteiger partial charge in [-0.25, -0.2) is 4.79 Å². The molecule has 0 spiro atoms. The number of benzene rings is 1. The van der Waals surface area contributed by atoms with Gasteiger partial charge in [0.2, 0.25) is 11.8 Å². The lowest BCUT2D eigenvalue weighted by molar-refractivity contribution is -0.131. The number of alkyl carbamates (subject to hydrolysis) is 1. The van der Waals surface area contributed by atoms with Gasteiger partial charge in [-0.1, -0.05) is 90.1 Å². The van der Waals surface area contributed by atoms with E-state index < -0.39 is 48.2 Å². The smallest absolute Gasteiger partial charge is 0.407 e. The van der Waals surface area contributed by atoms with Crippen LogP contribution in [-0.4, -0.2) is 65.1 Å². The third-order valence-electron chi connectivity index (χ3n) is 7.67. The lowest BCUT2D eigenvalue weighted by Gasteiger charge is -2.34. The molecule has 5 N–H and O–H groups in total. The zero-order valence-electron chi connectivity index (χ0n) is 25.6. The van der Waals surface area contributed by atoms with Gasteiger partial charge in [0, 0.05) is 6.42 Å². The van der Waals surface area contributed by atoms with E-state index in [1.165, 1.54) is 6.42 Å². The Balaban J connectivity index is 2.22. The fourth-order valence-electron chi connectivity index (χ4n) is 5.59. The Bertz CT molecular complexity index is 919. The molecule has 9 nitrogen and oxygen atoms in total. The number of ether oxygens (including phenoxy) is 1. The van der Waals surface area contributed by atoms with Gasteiger partial charge in [-0.15, -0.1) is 0 Å². The van der Waals surface area contributed by atoms with E-state index in [2.05, 4.69) is 16.0 Å². The van der Waals surface area contributed by atoms with Gasteiger partial charge >= 0.3 is 6.09 Å². The molecule has 0 unspecified atom stereocenters. The largest absolute Gasteiger partial charge is 0.450 e. The maximum absolute atomic E-state index is 13.7. The van der Waals surface area contributed by atoms with Crippen LogP contribution in [0.2, 0.25) is 0 Å². The Hall–Kier alpha value is -2.65. The number of hydrogen-bond acceptors (Lipinski definition) is 6. The van der Waals surface area contributed by atoms with Crippen LogP contribution in [0.15, 0.2) is 30.3 Å². The number of aliphatic hydroxyl groups excluding tert-OH is 2. The van der Waals surface area contributed by atoms with Crippen molar-refractivity contribution in [3.63, 3.8) is 0 Å². The molecular weight excluding hydrogens is 522 g/mol. The predicted octanol–water partition coefficient (Wildman–Crippen LogP) is 4.10. The van der Waals surface area contributed by atoms with Gasteiger partial charge in [-0.3, -0.25) is 9.59 Å². The number of carbonyl (C=O) groups is 3. The van der Waals surface area contributed by atoms with Crippen LogP contribution in [0.4, 0.5) is 4.79 Å². The number of nitrogens with one attached hydrogen (secondary N) is 3. The van der Waals surface area contributed by atoms with Crippen LogP contribution in [0.25, 0.3) is 0 Å². The van der Waals surface area contributed by atoms with Gasteiger partial charge in [0.15, 0.2) is 0 Å². The summed E-state index contributed by atoms with van der Waals surface area (Å²) in [5, 5.41) is 30.4. The third kappa shape index (κ3) is 12.8. The highest BCUT2D eigenvalue weighted by atomic mass is 16.5. The molecule has 1 fully saturated rings. The summed E-state index contributed by atoms with van der Waals surface area (Å²) in [6.45, 7) is 9.74. The van der Waals surface area contributed by atoms with Crippen molar-refractivity contribution in [2.75, 3.05) is 6.61 Å². The van der Waals surface area contributed by atoms with E-state index in [0.717, 1.165) is 31.2 Å². The van der Waals surface area contributed by atoms with Crippen LogP contribution < -0.4 is 16.0 Å². The first-order chi connectivity index (χ1) is 19.5. The van der Waals surface area contributed by atoms with Crippen LogP contribution in [-0.2, 0) is 20.7 Å². The van der Waals surface area contributed by atoms with Gasteiger partial charge < -0.3 is 30.9 Å². The topological polar surface area (TPSA) is 137 Å². The molecule has 0 bridgehead atoms. The first-order valence-corrected chi connectivity index (χ1v) is 15.4. The maximum Gasteiger partial charge on any atom is 0.407 e. The molecular formula is C32H53N3O6. The number of carbonyl (C=O) groups excluding carboxylic acids is 3. The van der Waals surface area contributed by atoms with E-state index in [0.29, 0.717) is 25.2 Å². The van der Waals surface area contributed by atoms with Crippen molar-refractivity contribution < 1.29 is 29.3 Å². The van der Waals surface area contributed by atoms with Gasteiger partial charge in [-0.05, 0) is 49.5 Å². The molecule has 1 aromatic carbocycles. The Labute approximate surface area is 246 Å². The summed E-state index contributed by atoms with van der Waals surface area (Å²) in [6, 6.07) is 6.85. The number of amides is 3. The average molecular weight is 576 g/mol. The van der Waals surface area contributed by atoms with Gasteiger partial charge in [0.25, 0.3) is 0 Å². The minimum Gasteiger partial charge on any atom is -0.450 e. The molecule has 9 heteroatoms. The van der Waals surface area contributed by atoms with Crippen LogP contribution in [0.5, 0.6) is 0 Å². The second-order valence-electron chi connectivity index (χ2n) is 12.3. The quantitative estimate of drug-likeness (QED) is 0.201. The molecule has 0 aromatic heterocycles. The normalized spacial score (nSPS) is 17.8. The van der Waals surface area contributed by atoms with E-state index in [4.69, 9.17) is 4.74 Å². The summed E-state index contributed by atoms with van der Waals surface area (Å²) in [5.41, 5.74) is 0.851. The highest BCUT2D eigenvalue weighted by Gasteiger charge is 2.34. The third-order valence-corrected chi connectivity index (χ3v) is 7.67. The van der Waals surface area contributed by atoms with Crippen molar-refractivity contribution in [3.8, 4) is 0 Å². The predicted molar refractivity (Wildman–Crippen MR) is 160 cm³/mol. The fraction of sp³-hybridized carbons (Fsp3) is 0.719. The van der Waals surface area contributed by atoms with E-state index >= 15 is 0 Å². The maximum atomic E-state index is 13.7. The Morgan fingerprint density at radius 2 is 1.46 bits per heavy atom. The molecule has 0 heterocycles. The highest BCUT2D eigenvalue weighted by molar-refractivity contribution is 5.91. The lowest BCUT2D eigenvalue weighted by atomic mass is 9.82. The minimum absolute atomic E-state index is 0.0879. The van der Waals surface area contributed by atoms with E-state index in [-0.39, 0.29) is 24.9 Å². The molecule has 0 saturated heterocycles. The lowest BCUT2D eigenvalue weighted by Crippen LogP contribution is -2.58. The van der Waals surface area contributed by atoms with Crippen molar-refractivity contribution >= 4 is 17.9 Å². The van der Waals surface area contributed by atoms with Crippen LogP contribution >= 0.6 is 0 Å². The Morgan fingerprint density at radius 3 is 2.05 bits per heavy atom. The van der Waals surface area contributed by atoms with Gasteiger partial charge in [0.05, 0.1) is 18.8 Å². The van der Waals surface area contributed by atoms with Crippen molar-refractivity contribution in [1.82, 2.24) is 16.0 Å². The second kappa shape index (κ2) is 18.0. The molecule has 0 radical (unpaired) electrons. The van der Waals surface area contributed by atoms with Crippen molar-refractivity contribution in [2.24, 2.45) is 17.8 Å². The van der Waals surface area contributed by atoms with Crippen molar-refractivity contribution in [2.45, 2.75) is 123 Å². The number of rotatable bonds is 16. The van der Waals surface area contributed by atoms with Gasteiger partial charge in [-0.2, -0.15) is 0 Å². The zero-order chi connectivity index (χ0) is 30.4. The summed E-state index contributed by atoms with van der Waals surface area (Å²) in [5.74, 6) is -0.265. The molecule has 5 atom stereocenters. The van der Waals surface area contributed by atoms with Crippen molar-refractivity contribution in [3.05, 3.63) is 35.9 Å². The molecule has 232 valence electrons. The fourth-order valence-corrected chi connectivity index (χ4v) is 5.59. The molecule has 1 aliphatic rings. The Morgan fingerprint density at radius 1 is 0.854 bits per heavy atom. The zero-order valence-corrected chi connectivity index (χ0v) is 25.6. The average Bonchev–Trinajstić information content (AvgIpc) is 2.92. The summed E-state index contributed by atoms with van der Waals surface area (Å²) < 4.78 is 5.02. The number of aliphatic hydroxyl groups is 2. The summed E-state index contributed by atoms with van der Waals surface area (Å²) in [4.78, 5) is 39.4. The van der Waals surface area contributed by atoms with E-state index in [9.17, 15) is 24.6 Å². The molecule has 41 heavy (non-hydrogen) atoms. The number of hydrogen-bond donors (Lipinski definition) is 5. The summed E-state index contributed by atoms with van der Waals surface area (Å²) >= 11 is 0. The molecule has 1 saturated carbocycles. The van der Waals surface area contributed by atoms with Crippen LogP contribution in [0.1, 0.15) is 91.5 Å². The first kappa shape index (κ1) is 34.6. The minimum atomic E-state index is -1.12. The monoisotopic (exact) mass is 575 g/mol. The van der Waals surface area contributed by atoms with Crippen LogP contribution in [0, 0.1) is 17.8 Å². The Kier molecular flexibility index (Phi) is 15.2. The standard InChI is InChI=1S/C32H53N3O6/c1-6-41-32(40)35-27(20-24-15-11-8-12-16-24)31(39)34-26(17-21(2)3)30(38)33-25(19-23-13-9-7-10-14-23)29(37)28(36)18-22(4)5/h8,11-12,15-16,21-23,25-29,36-37H,6-7,9-10,13-14,17-20H2,1-5H3,(H,33,38)(H,34,39)(H,35,40)/t25-,26-,27-,28-,29+/m0/s1. The van der Waals surface area contributed by atoms with E-state index in [1.54, 1.807) is 6.92 Å². The first-order valence-electron chi connectivity index (χ1n) is 15.4.